The molecule has 2 rings (SSSR count). The lowest BCUT2D eigenvalue weighted by molar-refractivity contribution is -0.130. The summed E-state index contributed by atoms with van der Waals surface area (Å²) in [5.74, 6) is -1.79. The topological polar surface area (TPSA) is 111 Å². The Morgan fingerprint density at radius 2 is 1.73 bits per heavy atom. The van der Waals surface area contributed by atoms with Crippen molar-refractivity contribution in [2.45, 2.75) is 31.8 Å². The van der Waals surface area contributed by atoms with Crippen molar-refractivity contribution >= 4 is 29.3 Å². The van der Waals surface area contributed by atoms with E-state index >= 15 is 0 Å². The number of primary amides is 1. The van der Waals surface area contributed by atoms with Crippen molar-refractivity contribution in [1.82, 2.24) is 10.6 Å². The summed E-state index contributed by atoms with van der Waals surface area (Å²) in [5, 5.41) is 5.43. The molecule has 0 radical (unpaired) electrons. The SMILES string of the molecule is COc1ccc(C[C@H](NC(=O)[C@@H](Cc2cccc(F)c2)NC(C)=O)C(N)=O)cc1Cl. The second-order valence-corrected chi connectivity index (χ2v) is 7.13. The van der Waals surface area contributed by atoms with Gasteiger partial charge in [-0.2, -0.15) is 0 Å². The molecule has 0 bridgehead atoms. The molecule has 0 aliphatic rings. The van der Waals surface area contributed by atoms with Crippen molar-refractivity contribution in [1.29, 1.82) is 0 Å². The fourth-order valence-electron chi connectivity index (χ4n) is 2.92. The molecule has 9 heteroatoms. The minimum Gasteiger partial charge on any atom is -0.495 e. The van der Waals surface area contributed by atoms with Crippen molar-refractivity contribution in [2.75, 3.05) is 7.11 Å². The number of nitrogens with two attached hydrogens (primary N) is 1. The molecule has 0 saturated heterocycles. The lowest BCUT2D eigenvalue weighted by Crippen LogP contribution is -2.54. The fraction of sp³-hybridized carbons (Fsp3) is 0.286. The number of nitrogens with one attached hydrogen (secondary N) is 2. The molecule has 0 spiro atoms. The van der Waals surface area contributed by atoms with Gasteiger partial charge in [-0.15, -0.1) is 0 Å². The van der Waals surface area contributed by atoms with Gasteiger partial charge in [-0.05, 0) is 35.4 Å². The van der Waals surface area contributed by atoms with Crippen LogP contribution in [0, 0.1) is 5.82 Å². The van der Waals surface area contributed by atoms with Gasteiger partial charge in [0.05, 0.1) is 12.1 Å². The number of amides is 3. The maximum Gasteiger partial charge on any atom is 0.243 e. The van der Waals surface area contributed by atoms with E-state index in [1.807, 2.05) is 0 Å². The summed E-state index contributed by atoms with van der Waals surface area (Å²) in [7, 11) is 1.48. The van der Waals surface area contributed by atoms with E-state index in [1.165, 1.54) is 32.2 Å². The fourth-order valence-corrected chi connectivity index (χ4v) is 3.20. The first-order valence-corrected chi connectivity index (χ1v) is 9.51. The first-order chi connectivity index (χ1) is 14.2. The molecule has 30 heavy (non-hydrogen) atoms. The zero-order valence-electron chi connectivity index (χ0n) is 16.6. The van der Waals surface area contributed by atoms with Crippen LogP contribution in [-0.2, 0) is 27.2 Å². The van der Waals surface area contributed by atoms with Crippen LogP contribution in [0.5, 0.6) is 5.75 Å². The summed E-state index contributed by atoms with van der Waals surface area (Å²) < 4.78 is 18.5. The predicted molar refractivity (Wildman–Crippen MR) is 111 cm³/mol. The molecule has 2 aromatic rings. The summed E-state index contributed by atoms with van der Waals surface area (Å²) >= 11 is 6.10. The van der Waals surface area contributed by atoms with E-state index in [-0.39, 0.29) is 12.8 Å². The summed E-state index contributed by atoms with van der Waals surface area (Å²) in [6, 6.07) is 8.60. The van der Waals surface area contributed by atoms with E-state index in [9.17, 15) is 18.8 Å². The molecule has 0 aliphatic carbocycles. The van der Waals surface area contributed by atoms with Crippen LogP contribution in [-0.4, -0.2) is 36.9 Å². The smallest absolute Gasteiger partial charge is 0.243 e. The molecular weight excluding hydrogens is 413 g/mol. The van der Waals surface area contributed by atoms with Crippen LogP contribution < -0.4 is 21.1 Å². The van der Waals surface area contributed by atoms with Crippen molar-refractivity contribution in [3.8, 4) is 5.75 Å². The van der Waals surface area contributed by atoms with Gasteiger partial charge in [0.25, 0.3) is 0 Å². The van der Waals surface area contributed by atoms with Crippen LogP contribution in [0.15, 0.2) is 42.5 Å². The molecule has 7 nitrogen and oxygen atoms in total. The van der Waals surface area contributed by atoms with Crippen LogP contribution in [0.3, 0.4) is 0 Å². The molecule has 0 aliphatic heterocycles. The third kappa shape index (κ3) is 6.73. The van der Waals surface area contributed by atoms with Gasteiger partial charge < -0.3 is 21.1 Å². The van der Waals surface area contributed by atoms with Gasteiger partial charge in [-0.25, -0.2) is 4.39 Å². The number of carbonyl (C=O) groups is 3. The highest BCUT2D eigenvalue weighted by atomic mass is 35.5. The molecule has 2 aromatic carbocycles. The van der Waals surface area contributed by atoms with Crippen LogP contribution >= 0.6 is 11.6 Å². The average Bonchev–Trinajstić information content (AvgIpc) is 2.66. The van der Waals surface area contributed by atoms with E-state index in [4.69, 9.17) is 22.1 Å². The van der Waals surface area contributed by atoms with E-state index in [0.717, 1.165) is 0 Å². The van der Waals surface area contributed by atoms with Crippen molar-refractivity contribution < 1.29 is 23.5 Å². The van der Waals surface area contributed by atoms with Gasteiger partial charge in [0, 0.05) is 19.8 Å². The van der Waals surface area contributed by atoms with E-state index in [0.29, 0.717) is 21.9 Å². The van der Waals surface area contributed by atoms with Gasteiger partial charge in [-0.1, -0.05) is 29.8 Å². The number of carbonyl (C=O) groups excluding carboxylic acids is 3. The Kier molecular flexibility index (Phi) is 8.17. The van der Waals surface area contributed by atoms with Gasteiger partial charge in [0.1, 0.15) is 23.7 Å². The molecule has 0 aromatic heterocycles. The molecule has 2 atom stereocenters. The zero-order valence-corrected chi connectivity index (χ0v) is 17.3. The zero-order chi connectivity index (χ0) is 22.3. The van der Waals surface area contributed by atoms with Crippen LogP contribution in [0.4, 0.5) is 4.39 Å². The Morgan fingerprint density at radius 1 is 1.07 bits per heavy atom. The van der Waals surface area contributed by atoms with Crippen molar-refractivity contribution in [3.63, 3.8) is 0 Å². The number of benzene rings is 2. The minimum atomic E-state index is -1.04. The van der Waals surface area contributed by atoms with Crippen LogP contribution in [0.2, 0.25) is 5.02 Å². The number of halogens is 2. The maximum atomic E-state index is 13.5. The lowest BCUT2D eigenvalue weighted by atomic mass is 10.0. The van der Waals surface area contributed by atoms with Crippen molar-refractivity contribution in [2.24, 2.45) is 5.73 Å². The van der Waals surface area contributed by atoms with E-state index in [1.54, 1.807) is 24.3 Å². The molecule has 3 amide bonds. The van der Waals surface area contributed by atoms with Gasteiger partial charge in [-0.3, -0.25) is 14.4 Å². The Balaban J connectivity index is 2.15. The molecule has 160 valence electrons. The summed E-state index contributed by atoms with van der Waals surface area (Å²) in [6.45, 7) is 1.26. The average molecular weight is 436 g/mol. The molecule has 0 heterocycles. The molecule has 4 N–H and O–H groups in total. The van der Waals surface area contributed by atoms with E-state index < -0.39 is 35.6 Å². The third-order valence-corrected chi connectivity index (χ3v) is 4.63. The highest BCUT2D eigenvalue weighted by Crippen LogP contribution is 2.25. The van der Waals surface area contributed by atoms with Gasteiger partial charge in [0.2, 0.25) is 17.7 Å². The number of rotatable bonds is 9. The van der Waals surface area contributed by atoms with Gasteiger partial charge >= 0.3 is 0 Å². The summed E-state index contributed by atoms with van der Waals surface area (Å²) in [4.78, 5) is 36.2. The standard InChI is InChI=1S/C21H23ClFN3O4/c1-12(27)25-18(11-13-4-3-5-15(23)8-13)21(29)26-17(20(24)28)10-14-6-7-19(30-2)16(22)9-14/h3-9,17-18H,10-11H2,1-2H3,(H2,24,28)(H,25,27)(H,26,29)/t17-,18+/m0/s1. The Labute approximate surface area is 178 Å². The monoisotopic (exact) mass is 435 g/mol. The largest absolute Gasteiger partial charge is 0.495 e. The predicted octanol–water partition coefficient (Wildman–Crippen LogP) is 1.75. The quantitative estimate of drug-likeness (QED) is 0.557. The van der Waals surface area contributed by atoms with Gasteiger partial charge in [0.15, 0.2) is 0 Å². The number of hydrogen-bond acceptors (Lipinski definition) is 4. The second-order valence-electron chi connectivity index (χ2n) is 6.72. The first-order valence-electron chi connectivity index (χ1n) is 9.13. The Morgan fingerprint density at radius 3 is 2.30 bits per heavy atom. The Hall–Kier alpha value is -3.13. The maximum absolute atomic E-state index is 13.5. The van der Waals surface area contributed by atoms with E-state index in [2.05, 4.69) is 10.6 Å². The van der Waals surface area contributed by atoms with Crippen molar-refractivity contribution in [3.05, 3.63) is 64.4 Å². The normalized spacial score (nSPS) is 12.5. The molecule has 0 saturated carbocycles. The highest BCUT2D eigenvalue weighted by Gasteiger charge is 2.26. The molecular formula is C21H23ClFN3O4. The Bertz CT molecular complexity index is 938. The lowest BCUT2D eigenvalue weighted by Gasteiger charge is -2.22. The first kappa shape index (κ1) is 23.2. The third-order valence-electron chi connectivity index (χ3n) is 4.34. The van der Waals surface area contributed by atoms with Crippen LogP contribution in [0.1, 0.15) is 18.1 Å². The van der Waals surface area contributed by atoms with Crippen LogP contribution in [0.25, 0.3) is 0 Å². The number of ether oxygens (including phenoxy) is 1. The molecule has 0 unspecified atom stereocenters. The molecule has 0 fully saturated rings. The minimum absolute atomic E-state index is 0.0447. The number of hydrogen-bond donors (Lipinski definition) is 3. The highest BCUT2D eigenvalue weighted by molar-refractivity contribution is 6.32. The number of methoxy groups -OCH3 is 1. The second kappa shape index (κ2) is 10.6. The summed E-state index contributed by atoms with van der Waals surface area (Å²) in [5.41, 5.74) is 6.63. The summed E-state index contributed by atoms with van der Waals surface area (Å²) in [6.07, 6.45) is 0.139.